The largest absolute Gasteiger partial charge is 0.383 e. The standard InChI is InChI=1S/C33H32ClN7/c1-33(2,3)20-37-30-24(17-35)18-36-32-27(30)15-25(34)16-28(32)38-31(29-19-41(40-39-29)26-12-13-26)23-11-7-10-22(14-23)21-8-5-4-6-9-21/h4-11,14-16,18-19,26,31,38H,12-13,20H2,1-3H3,(H,36,37)/t31-/m0/s1. The van der Waals surface area contributed by atoms with E-state index in [0.29, 0.717) is 23.2 Å². The molecule has 2 aromatic heterocycles. The molecular formula is C33H32ClN7. The molecule has 6 rings (SSSR count). The molecule has 0 radical (unpaired) electrons. The summed E-state index contributed by atoms with van der Waals surface area (Å²) >= 11 is 6.71. The maximum atomic E-state index is 9.86. The summed E-state index contributed by atoms with van der Waals surface area (Å²) in [5, 5.41) is 27.5. The number of nitrogens with zero attached hydrogens (tertiary/aromatic N) is 5. The molecule has 8 heteroatoms. The minimum absolute atomic E-state index is 0.0181. The summed E-state index contributed by atoms with van der Waals surface area (Å²) in [6.45, 7) is 7.14. The van der Waals surface area contributed by atoms with Gasteiger partial charge in [0, 0.05) is 23.2 Å². The first kappa shape index (κ1) is 26.8. The van der Waals surface area contributed by atoms with Gasteiger partial charge in [-0.3, -0.25) is 4.98 Å². The normalized spacial score (nSPS) is 14.0. The van der Waals surface area contributed by atoms with Gasteiger partial charge in [-0.25, -0.2) is 4.68 Å². The third-order valence-corrected chi connectivity index (χ3v) is 7.44. The number of aromatic nitrogens is 4. The van der Waals surface area contributed by atoms with Gasteiger partial charge in [-0.15, -0.1) is 5.10 Å². The van der Waals surface area contributed by atoms with Gasteiger partial charge in [0.05, 0.1) is 40.7 Å². The fraction of sp³-hybridized carbons (Fsp3) is 0.273. The number of pyridine rings is 1. The number of nitrogens with one attached hydrogen (secondary N) is 2. The van der Waals surface area contributed by atoms with Crippen LogP contribution in [0.15, 0.2) is 79.1 Å². The highest BCUT2D eigenvalue weighted by atomic mass is 35.5. The molecule has 7 nitrogen and oxygen atoms in total. The topological polar surface area (TPSA) is 91.5 Å². The van der Waals surface area contributed by atoms with Gasteiger partial charge in [0.15, 0.2) is 0 Å². The van der Waals surface area contributed by atoms with Crippen LogP contribution in [-0.2, 0) is 0 Å². The Hall–Kier alpha value is -4.41. The third kappa shape index (κ3) is 5.89. The maximum absolute atomic E-state index is 9.86. The molecular weight excluding hydrogens is 530 g/mol. The van der Waals surface area contributed by atoms with Crippen molar-refractivity contribution in [2.24, 2.45) is 5.41 Å². The molecule has 0 spiro atoms. The number of rotatable bonds is 8. The molecule has 0 amide bonds. The van der Waals surface area contributed by atoms with Gasteiger partial charge in [-0.1, -0.05) is 86.1 Å². The van der Waals surface area contributed by atoms with Crippen molar-refractivity contribution in [3.05, 3.63) is 101 Å². The SMILES string of the molecule is CC(C)(C)CNc1c(C#N)cnc2c(N[C@@H](c3cccc(-c4ccccc4)c3)c3cn(C4CC4)nn3)cc(Cl)cc12. The van der Waals surface area contributed by atoms with Gasteiger partial charge >= 0.3 is 0 Å². The van der Waals surface area contributed by atoms with Crippen LogP contribution in [0.3, 0.4) is 0 Å². The number of nitriles is 1. The van der Waals surface area contributed by atoms with Gasteiger partial charge in [0.1, 0.15) is 11.8 Å². The monoisotopic (exact) mass is 561 g/mol. The smallest absolute Gasteiger partial charge is 0.109 e. The quantitative estimate of drug-likeness (QED) is 0.199. The second kappa shape index (κ2) is 10.9. The summed E-state index contributed by atoms with van der Waals surface area (Å²) in [6, 6.07) is 25.0. The van der Waals surface area contributed by atoms with Crippen molar-refractivity contribution in [2.45, 2.75) is 45.7 Å². The molecule has 0 unspecified atom stereocenters. The molecule has 3 aromatic carbocycles. The van der Waals surface area contributed by atoms with Crippen LogP contribution in [0.2, 0.25) is 5.02 Å². The fourth-order valence-electron chi connectivity index (χ4n) is 4.96. The van der Waals surface area contributed by atoms with E-state index < -0.39 is 0 Å². The lowest BCUT2D eigenvalue weighted by molar-refractivity contribution is 0.443. The molecule has 5 aromatic rings. The lowest BCUT2D eigenvalue weighted by atomic mass is 9.96. The second-order valence-corrected chi connectivity index (χ2v) is 12.3. The Morgan fingerprint density at radius 1 is 1.05 bits per heavy atom. The van der Waals surface area contributed by atoms with Crippen molar-refractivity contribution in [1.29, 1.82) is 5.26 Å². The summed E-state index contributed by atoms with van der Waals surface area (Å²) in [5.74, 6) is 0. The Balaban J connectivity index is 1.46. The van der Waals surface area contributed by atoms with Gasteiger partial charge in [0.2, 0.25) is 0 Å². The molecule has 0 saturated heterocycles. The number of hydrogen-bond acceptors (Lipinski definition) is 6. The molecule has 2 heterocycles. The minimum Gasteiger partial charge on any atom is -0.383 e. The van der Waals surface area contributed by atoms with Crippen LogP contribution < -0.4 is 10.6 Å². The highest BCUT2D eigenvalue weighted by Crippen LogP contribution is 2.38. The first-order valence-corrected chi connectivity index (χ1v) is 14.3. The Bertz CT molecular complexity index is 1740. The first-order valence-electron chi connectivity index (χ1n) is 13.9. The molecule has 41 heavy (non-hydrogen) atoms. The Morgan fingerprint density at radius 2 is 1.83 bits per heavy atom. The van der Waals surface area contributed by atoms with Crippen LogP contribution in [0.5, 0.6) is 0 Å². The van der Waals surface area contributed by atoms with E-state index >= 15 is 0 Å². The van der Waals surface area contributed by atoms with Crippen molar-refractivity contribution >= 4 is 33.9 Å². The van der Waals surface area contributed by atoms with Gasteiger partial charge in [0.25, 0.3) is 0 Å². The summed E-state index contributed by atoms with van der Waals surface area (Å²) in [4.78, 5) is 4.72. The zero-order chi connectivity index (χ0) is 28.6. The minimum atomic E-state index is -0.309. The average Bonchev–Trinajstić information content (AvgIpc) is 3.71. The number of halogens is 1. The molecule has 1 atom stereocenters. The Morgan fingerprint density at radius 3 is 2.56 bits per heavy atom. The summed E-state index contributed by atoms with van der Waals surface area (Å²) < 4.78 is 1.97. The molecule has 206 valence electrons. The van der Waals surface area contributed by atoms with E-state index in [1.54, 1.807) is 6.20 Å². The number of anilines is 2. The lowest BCUT2D eigenvalue weighted by Gasteiger charge is -2.23. The fourth-order valence-corrected chi connectivity index (χ4v) is 5.18. The van der Waals surface area contributed by atoms with Crippen LogP contribution in [0.25, 0.3) is 22.0 Å². The molecule has 0 bridgehead atoms. The van der Waals surface area contributed by atoms with Crippen LogP contribution in [0.4, 0.5) is 11.4 Å². The Kier molecular flexibility index (Phi) is 7.10. The highest BCUT2D eigenvalue weighted by Gasteiger charge is 2.27. The van der Waals surface area contributed by atoms with Gasteiger partial charge < -0.3 is 10.6 Å². The van der Waals surface area contributed by atoms with E-state index in [9.17, 15) is 5.26 Å². The van der Waals surface area contributed by atoms with Crippen LogP contribution in [0.1, 0.15) is 62.5 Å². The zero-order valence-electron chi connectivity index (χ0n) is 23.4. The predicted molar refractivity (Wildman–Crippen MR) is 165 cm³/mol. The Labute approximate surface area is 245 Å². The highest BCUT2D eigenvalue weighted by molar-refractivity contribution is 6.32. The molecule has 1 saturated carbocycles. The molecule has 1 aliphatic carbocycles. The lowest BCUT2D eigenvalue weighted by Crippen LogP contribution is -2.20. The summed E-state index contributed by atoms with van der Waals surface area (Å²) in [7, 11) is 0. The van der Waals surface area contributed by atoms with Crippen LogP contribution in [0, 0.1) is 16.7 Å². The van der Waals surface area contributed by atoms with E-state index in [1.807, 2.05) is 41.2 Å². The summed E-state index contributed by atoms with van der Waals surface area (Å²) in [5.41, 5.74) is 6.83. The van der Waals surface area contributed by atoms with Crippen LogP contribution in [-0.4, -0.2) is 26.5 Å². The van der Waals surface area contributed by atoms with Crippen LogP contribution >= 0.6 is 11.6 Å². The molecule has 2 N–H and O–H groups in total. The summed E-state index contributed by atoms with van der Waals surface area (Å²) in [6.07, 6.45) is 5.91. The molecule has 1 aliphatic rings. The number of fused-ring (bicyclic) bond motifs is 1. The maximum Gasteiger partial charge on any atom is 0.109 e. The average molecular weight is 562 g/mol. The van der Waals surface area contributed by atoms with Crippen molar-refractivity contribution in [2.75, 3.05) is 17.2 Å². The van der Waals surface area contributed by atoms with E-state index in [2.05, 4.69) is 84.2 Å². The van der Waals surface area contributed by atoms with Crippen molar-refractivity contribution in [3.63, 3.8) is 0 Å². The van der Waals surface area contributed by atoms with E-state index in [1.165, 1.54) is 0 Å². The molecule has 0 aliphatic heterocycles. The van der Waals surface area contributed by atoms with Crippen molar-refractivity contribution < 1.29 is 0 Å². The zero-order valence-corrected chi connectivity index (χ0v) is 24.2. The predicted octanol–water partition coefficient (Wildman–Crippen LogP) is 8.01. The second-order valence-electron chi connectivity index (χ2n) is 11.8. The van der Waals surface area contributed by atoms with Gasteiger partial charge in [-0.2, -0.15) is 5.26 Å². The third-order valence-electron chi connectivity index (χ3n) is 7.22. The van der Waals surface area contributed by atoms with E-state index in [0.717, 1.165) is 57.5 Å². The van der Waals surface area contributed by atoms with E-state index in [4.69, 9.17) is 16.6 Å². The number of benzene rings is 3. The van der Waals surface area contributed by atoms with E-state index in [-0.39, 0.29) is 11.5 Å². The van der Waals surface area contributed by atoms with Crippen molar-refractivity contribution in [3.8, 4) is 17.2 Å². The van der Waals surface area contributed by atoms with Gasteiger partial charge in [-0.05, 0) is 53.1 Å². The van der Waals surface area contributed by atoms with Crippen molar-refractivity contribution in [1.82, 2.24) is 20.0 Å². The number of hydrogen-bond donors (Lipinski definition) is 2. The molecule has 1 fully saturated rings. The first-order chi connectivity index (χ1) is 19.8.